The van der Waals surface area contributed by atoms with Gasteiger partial charge < -0.3 is 9.73 Å². The molecule has 27 heavy (non-hydrogen) atoms. The Labute approximate surface area is 157 Å². The summed E-state index contributed by atoms with van der Waals surface area (Å²) >= 11 is 0. The number of aryl methyl sites for hydroxylation is 1. The maximum absolute atomic E-state index is 13.2. The third-order valence-electron chi connectivity index (χ3n) is 4.64. The lowest BCUT2D eigenvalue weighted by Gasteiger charge is -2.19. The maximum atomic E-state index is 13.2. The number of aromatic nitrogens is 2. The Hall–Kier alpha value is -3.18. The molecule has 0 saturated carbocycles. The molecule has 4 rings (SSSR count). The van der Waals surface area contributed by atoms with Crippen LogP contribution in [0, 0.1) is 6.92 Å². The number of nitrogens with zero attached hydrogens (tertiary/aromatic N) is 2. The van der Waals surface area contributed by atoms with E-state index in [2.05, 4.69) is 5.32 Å². The molecule has 0 aliphatic rings. The molecule has 0 aliphatic heterocycles. The Morgan fingerprint density at radius 3 is 2.59 bits per heavy atom. The zero-order chi connectivity index (χ0) is 18.8. The van der Waals surface area contributed by atoms with Gasteiger partial charge in [-0.2, -0.15) is 0 Å². The lowest BCUT2D eigenvalue weighted by Crippen LogP contribution is -2.30. The Bertz CT molecular complexity index is 1110. The number of furan rings is 1. The van der Waals surface area contributed by atoms with E-state index in [1.807, 2.05) is 74.5 Å². The summed E-state index contributed by atoms with van der Waals surface area (Å²) in [4.78, 5) is 18.1. The van der Waals surface area contributed by atoms with Gasteiger partial charge in [-0.25, -0.2) is 4.98 Å². The number of rotatable bonds is 5. The molecule has 136 valence electrons. The van der Waals surface area contributed by atoms with Crippen LogP contribution < -0.4 is 10.9 Å². The van der Waals surface area contributed by atoms with E-state index in [0.29, 0.717) is 23.3 Å². The first kappa shape index (κ1) is 17.2. The standard InChI is InChI=1S/C22H21N3O2/c1-15-9-11-17(12-10-15)25-21(16(2)23-14-18-6-5-13-27-18)24-20-8-4-3-7-19(20)22(25)26/h3-13,16,23H,14H2,1-2H3. The maximum Gasteiger partial charge on any atom is 0.266 e. The van der Waals surface area contributed by atoms with Gasteiger partial charge in [0.15, 0.2) is 0 Å². The third-order valence-corrected chi connectivity index (χ3v) is 4.64. The minimum Gasteiger partial charge on any atom is -0.468 e. The molecule has 0 spiro atoms. The van der Waals surface area contributed by atoms with Crippen LogP contribution in [0.1, 0.15) is 30.1 Å². The number of nitrogens with one attached hydrogen (secondary N) is 1. The van der Waals surface area contributed by atoms with Crippen LogP contribution in [0.4, 0.5) is 0 Å². The van der Waals surface area contributed by atoms with Crippen molar-refractivity contribution in [3.8, 4) is 5.69 Å². The Kier molecular flexibility index (Phi) is 4.60. The van der Waals surface area contributed by atoms with E-state index in [0.717, 1.165) is 17.0 Å². The topological polar surface area (TPSA) is 60.1 Å². The molecule has 1 atom stereocenters. The van der Waals surface area contributed by atoms with Gasteiger partial charge in [0.05, 0.1) is 35.4 Å². The predicted molar refractivity (Wildman–Crippen MR) is 106 cm³/mol. The number of hydrogen-bond acceptors (Lipinski definition) is 4. The lowest BCUT2D eigenvalue weighted by molar-refractivity contribution is 0.450. The summed E-state index contributed by atoms with van der Waals surface area (Å²) in [5, 5.41) is 4.01. The van der Waals surface area contributed by atoms with Crippen LogP contribution >= 0.6 is 0 Å². The molecule has 4 aromatic rings. The van der Waals surface area contributed by atoms with Crippen molar-refractivity contribution in [2.24, 2.45) is 0 Å². The summed E-state index contributed by atoms with van der Waals surface area (Å²) in [5.41, 5.74) is 2.59. The van der Waals surface area contributed by atoms with Crippen molar-refractivity contribution in [1.82, 2.24) is 14.9 Å². The van der Waals surface area contributed by atoms with Crippen LogP contribution in [-0.2, 0) is 6.54 Å². The summed E-state index contributed by atoms with van der Waals surface area (Å²) in [5.74, 6) is 1.51. The van der Waals surface area contributed by atoms with Crippen molar-refractivity contribution in [2.75, 3.05) is 0 Å². The number of para-hydroxylation sites is 1. The molecular formula is C22H21N3O2. The van der Waals surface area contributed by atoms with Gasteiger partial charge in [-0.1, -0.05) is 29.8 Å². The normalized spacial score (nSPS) is 12.4. The van der Waals surface area contributed by atoms with E-state index in [-0.39, 0.29) is 11.6 Å². The predicted octanol–water partition coefficient (Wildman–Crippen LogP) is 4.14. The first-order valence-electron chi connectivity index (χ1n) is 8.98. The van der Waals surface area contributed by atoms with Crippen LogP contribution in [0.15, 0.2) is 76.1 Å². The molecule has 2 heterocycles. The van der Waals surface area contributed by atoms with Crippen molar-refractivity contribution in [3.05, 3.63) is 94.4 Å². The van der Waals surface area contributed by atoms with Crippen molar-refractivity contribution in [2.45, 2.75) is 26.4 Å². The van der Waals surface area contributed by atoms with Gasteiger partial charge in [0.1, 0.15) is 11.6 Å². The highest BCUT2D eigenvalue weighted by atomic mass is 16.3. The van der Waals surface area contributed by atoms with Crippen LogP contribution in [0.5, 0.6) is 0 Å². The molecule has 2 aromatic carbocycles. The second-order valence-electron chi connectivity index (χ2n) is 6.65. The van der Waals surface area contributed by atoms with E-state index in [1.54, 1.807) is 10.8 Å². The Balaban J connectivity index is 1.83. The van der Waals surface area contributed by atoms with Gasteiger partial charge in [-0.05, 0) is 50.2 Å². The largest absolute Gasteiger partial charge is 0.468 e. The highest BCUT2D eigenvalue weighted by Gasteiger charge is 2.18. The summed E-state index contributed by atoms with van der Waals surface area (Å²) in [6, 6.07) is 19.0. The van der Waals surface area contributed by atoms with Crippen LogP contribution in [0.2, 0.25) is 0 Å². The van der Waals surface area contributed by atoms with E-state index in [9.17, 15) is 4.79 Å². The van der Waals surface area contributed by atoms with E-state index < -0.39 is 0 Å². The van der Waals surface area contributed by atoms with Gasteiger partial charge in [0.25, 0.3) is 5.56 Å². The first-order valence-corrected chi connectivity index (χ1v) is 8.98. The summed E-state index contributed by atoms with van der Waals surface area (Å²) in [6.07, 6.45) is 1.65. The molecule has 0 saturated heterocycles. The quantitative estimate of drug-likeness (QED) is 0.582. The second kappa shape index (κ2) is 7.21. The smallest absolute Gasteiger partial charge is 0.266 e. The van der Waals surface area contributed by atoms with Crippen molar-refractivity contribution in [3.63, 3.8) is 0 Å². The fourth-order valence-corrected chi connectivity index (χ4v) is 3.14. The SMILES string of the molecule is Cc1ccc(-n2c(C(C)NCc3ccco3)nc3ccccc3c2=O)cc1. The van der Waals surface area contributed by atoms with E-state index in [4.69, 9.17) is 9.40 Å². The lowest BCUT2D eigenvalue weighted by atomic mass is 10.2. The number of fused-ring (bicyclic) bond motifs is 1. The van der Waals surface area contributed by atoms with Crippen LogP contribution in [-0.4, -0.2) is 9.55 Å². The van der Waals surface area contributed by atoms with Crippen molar-refractivity contribution in [1.29, 1.82) is 0 Å². The average Bonchev–Trinajstić information content (AvgIpc) is 3.21. The fourth-order valence-electron chi connectivity index (χ4n) is 3.14. The van der Waals surface area contributed by atoms with E-state index >= 15 is 0 Å². The zero-order valence-electron chi connectivity index (χ0n) is 15.3. The third kappa shape index (κ3) is 3.41. The second-order valence-corrected chi connectivity index (χ2v) is 6.65. The number of hydrogen-bond donors (Lipinski definition) is 1. The van der Waals surface area contributed by atoms with Gasteiger partial charge >= 0.3 is 0 Å². The monoisotopic (exact) mass is 359 g/mol. The molecule has 0 amide bonds. The molecule has 0 fully saturated rings. The highest BCUT2D eigenvalue weighted by Crippen LogP contribution is 2.19. The van der Waals surface area contributed by atoms with Gasteiger partial charge in [0.2, 0.25) is 0 Å². The molecule has 5 nitrogen and oxygen atoms in total. The highest BCUT2D eigenvalue weighted by molar-refractivity contribution is 5.77. The molecule has 0 radical (unpaired) electrons. The van der Waals surface area contributed by atoms with Gasteiger partial charge in [-0.15, -0.1) is 0 Å². The van der Waals surface area contributed by atoms with Crippen molar-refractivity contribution < 1.29 is 4.42 Å². The molecule has 2 aromatic heterocycles. The van der Waals surface area contributed by atoms with Crippen LogP contribution in [0.3, 0.4) is 0 Å². The summed E-state index contributed by atoms with van der Waals surface area (Å²) < 4.78 is 7.09. The molecule has 0 bridgehead atoms. The molecule has 5 heteroatoms. The summed E-state index contributed by atoms with van der Waals surface area (Å²) in [7, 11) is 0. The molecule has 1 N–H and O–H groups in total. The average molecular weight is 359 g/mol. The molecular weight excluding hydrogens is 338 g/mol. The Morgan fingerprint density at radius 1 is 1.07 bits per heavy atom. The summed E-state index contributed by atoms with van der Waals surface area (Å²) in [6.45, 7) is 4.59. The minimum atomic E-state index is -0.145. The molecule has 0 aliphatic carbocycles. The van der Waals surface area contributed by atoms with Crippen molar-refractivity contribution >= 4 is 10.9 Å². The van der Waals surface area contributed by atoms with E-state index in [1.165, 1.54) is 0 Å². The van der Waals surface area contributed by atoms with Crippen LogP contribution in [0.25, 0.3) is 16.6 Å². The molecule has 1 unspecified atom stereocenters. The van der Waals surface area contributed by atoms with Gasteiger partial charge in [-0.3, -0.25) is 9.36 Å². The zero-order valence-corrected chi connectivity index (χ0v) is 15.3. The number of benzene rings is 2. The first-order chi connectivity index (χ1) is 13.1. The minimum absolute atomic E-state index is 0.0638. The Morgan fingerprint density at radius 2 is 1.85 bits per heavy atom. The van der Waals surface area contributed by atoms with Gasteiger partial charge in [0, 0.05) is 0 Å². The fraction of sp³-hybridized carbons (Fsp3) is 0.182.